The van der Waals surface area contributed by atoms with Crippen LogP contribution >= 0.6 is 0 Å². The van der Waals surface area contributed by atoms with E-state index in [-0.39, 0.29) is 42.0 Å². The lowest BCUT2D eigenvalue weighted by Crippen LogP contribution is -2.55. The predicted octanol–water partition coefficient (Wildman–Crippen LogP) is 4.92. The van der Waals surface area contributed by atoms with Crippen LogP contribution in [-0.4, -0.2) is 108 Å². The van der Waals surface area contributed by atoms with Crippen molar-refractivity contribution in [2.45, 2.75) is 128 Å². The van der Waals surface area contributed by atoms with Crippen molar-refractivity contribution in [3.05, 3.63) is 123 Å². The molecule has 4 aliphatic carbocycles. The van der Waals surface area contributed by atoms with Gasteiger partial charge in [0, 0.05) is 36.3 Å². The number of hydrogen-bond donors (Lipinski definition) is 6. The van der Waals surface area contributed by atoms with E-state index in [9.17, 15) is 29.4 Å². The van der Waals surface area contributed by atoms with E-state index in [0.29, 0.717) is 63.6 Å². The van der Waals surface area contributed by atoms with E-state index in [1.54, 1.807) is 88.5 Å². The first-order valence-electron chi connectivity index (χ1n) is 24.6. The zero-order valence-corrected chi connectivity index (χ0v) is 41.8. The number of aromatic nitrogens is 10. The van der Waals surface area contributed by atoms with Gasteiger partial charge in [0.1, 0.15) is 30.2 Å². The average Bonchev–Trinajstić information content (AvgIpc) is 4.10. The topological polar surface area (TPSA) is 275 Å². The summed E-state index contributed by atoms with van der Waals surface area (Å²) < 4.78 is 22.3. The molecular formula is C52H62N12O9. The van der Waals surface area contributed by atoms with E-state index < -0.39 is 11.2 Å². The highest BCUT2D eigenvalue weighted by Gasteiger charge is 2.55. The van der Waals surface area contributed by atoms with Crippen LogP contribution in [0.25, 0.3) is 22.1 Å². The van der Waals surface area contributed by atoms with Crippen LogP contribution in [0.15, 0.2) is 83.2 Å². The molecule has 4 fully saturated rings. The summed E-state index contributed by atoms with van der Waals surface area (Å²) in [4.78, 5) is 47.1. The Kier molecular flexibility index (Phi) is 12.5. The van der Waals surface area contributed by atoms with Gasteiger partial charge in [-0.05, 0) is 151 Å². The maximum absolute atomic E-state index is 13.0. The molecule has 12 rings (SSSR count). The molecule has 384 valence electrons. The van der Waals surface area contributed by atoms with E-state index >= 15 is 0 Å². The van der Waals surface area contributed by atoms with Crippen LogP contribution in [0.3, 0.4) is 0 Å². The quantitative estimate of drug-likeness (QED) is 0.0888. The molecule has 21 nitrogen and oxygen atoms in total. The molecule has 2 spiro atoms. The number of fused-ring (bicyclic) bond motifs is 4. The molecule has 4 saturated carbocycles. The van der Waals surface area contributed by atoms with E-state index in [1.807, 2.05) is 38.2 Å². The second-order valence-electron chi connectivity index (χ2n) is 22.1. The van der Waals surface area contributed by atoms with Crippen LogP contribution in [0.4, 0.5) is 0 Å². The summed E-state index contributed by atoms with van der Waals surface area (Å²) in [6, 6.07) is 11.5. The summed E-state index contributed by atoms with van der Waals surface area (Å²) in [5.41, 5.74) is 12.4. The van der Waals surface area contributed by atoms with Crippen LogP contribution in [0.1, 0.15) is 124 Å². The summed E-state index contributed by atoms with van der Waals surface area (Å²) in [5, 5.41) is 44.9. The van der Waals surface area contributed by atoms with E-state index in [2.05, 4.69) is 35.9 Å². The van der Waals surface area contributed by atoms with Gasteiger partial charge in [-0.15, -0.1) is 0 Å². The average molecular weight is 999 g/mol. The van der Waals surface area contributed by atoms with Crippen molar-refractivity contribution >= 4 is 34.4 Å². The SMILES string of the molecule is CC(C)(O)COc1ccc2c(OC=O)cnn2c1.Cc1ccn2c(=O)[nH]nc(C3CC4(CC(N)C4)C3)c12.Cc1ccn2c(=O)[nH]nc(C3CC4(CC(NC(=O)c5cnn6cc(OCC(C)(C)O)ccc56)C4)C3)c12. The zero-order valence-electron chi connectivity index (χ0n) is 41.8. The van der Waals surface area contributed by atoms with Gasteiger partial charge in [0.15, 0.2) is 5.75 Å². The molecule has 1 amide bonds. The highest BCUT2D eigenvalue weighted by molar-refractivity contribution is 6.00. The van der Waals surface area contributed by atoms with Gasteiger partial charge in [-0.1, -0.05) is 0 Å². The van der Waals surface area contributed by atoms with Gasteiger partial charge in [-0.3, -0.25) is 18.4 Å². The molecule has 0 aromatic carbocycles. The van der Waals surface area contributed by atoms with E-state index in [4.69, 9.17) is 19.9 Å². The Morgan fingerprint density at radius 3 is 1.71 bits per heavy atom. The van der Waals surface area contributed by atoms with Crippen molar-refractivity contribution in [1.29, 1.82) is 0 Å². The van der Waals surface area contributed by atoms with Crippen LogP contribution in [0.2, 0.25) is 0 Å². The van der Waals surface area contributed by atoms with Crippen LogP contribution in [0.5, 0.6) is 17.2 Å². The number of H-pyrrole nitrogens is 2. The molecule has 8 aromatic heterocycles. The minimum absolute atomic E-state index is 0.126. The number of hydrogen-bond acceptors (Lipinski definition) is 14. The molecule has 0 saturated heterocycles. The Labute approximate surface area is 418 Å². The Bertz CT molecular complexity index is 3470. The number of ether oxygens (including phenoxy) is 3. The molecule has 0 bridgehead atoms. The largest absolute Gasteiger partial charge is 0.489 e. The molecule has 73 heavy (non-hydrogen) atoms. The van der Waals surface area contributed by atoms with Gasteiger partial charge < -0.3 is 35.5 Å². The number of amides is 1. The highest BCUT2D eigenvalue weighted by Crippen LogP contribution is 2.63. The van der Waals surface area contributed by atoms with Crippen molar-refractivity contribution in [1.82, 2.24) is 53.7 Å². The zero-order chi connectivity index (χ0) is 51.6. The minimum atomic E-state index is -0.936. The fourth-order valence-electron chi connectivity index (χ4n) is 11.4. The second kappa shape index (κ2) is 18.6. The van der Waals surface area contributed by atoms with Gasteiger partial charge in [0.25, 0.3) is 12.4 Å². The Morgan fingerprint density at radius 2 is 1.22 bits per heavy atom. The normalized spacial score (nSPS) is 23.1. The number of nitrogens with two attached hydrogens (primary N) is 1. The summed E-state index contributed by atoms with van der Waals surface area (Å²) in [5.74, 6) is 2.20. The Hall–Kier alpha value is -7.36. The fraction of sp³-hybridized carbons (Fsp3) is 0.462. The number of aromatic amines is 2. The third-order valence-corrected chi connectivity index (χ3v) is 14.8. The summed E-state index contributed by atoms with van der Waals surface area (Å²) >= 11 is 0. The van der Waals surface area contributed by atoms with Gasteiger partial charge in [0.2, 0.25) is 0 Å². The first-order valence-corrected chi connectivity index (χ1v) is 24.6. The van der Waals surface area contributed by atoms with Crippen molar-refractivity contribution in [3.8, 4) is 17.2 Å². The lowest BCUT2D eigenvalue weighted by Gasteiger charge is -2.57. The van der Waals surface area contributed by atoms with Crippen molar-refractivity contribution in [2.24, 2.45) is 16.6 Å². The minimum Gasteiger partial charge on any atom is -0.489 e. The number of aryl methyl sites for hydroxylation is 2. The van der Waals surface area contributed by atoms with E-state index in [1.165, 1.54) is 19.0 Å². The molecular weight excluding hydrogens is 937 g/mol. The summed E-state index contributed by atoms with van der Waals surface area (Å²) in [7, 11) is 0. The van der Waals surface area contributed by atoms with Crippen molar-refractivity contribution < 1.29 is 34.0 Å². The standard InChI is InChI=1S/C26H30N6O4.C14H18N4O.C12H14N2O4/c1-15-6-7-31-22(15)21(29-30-24(31)34)16-8-26(9-16)10-17(11-26)28-23(33)19-12-27-32-13-18(4-5-20(19)32)36-14-25(2,3)35;1-8-2-3-18-12(8)11(16-17-13(18)19)9-4-14(5-9)6-10(15)7-14;1-12(2,16)7-17-9-3-4-10-11(18-8-15)5-13-14(10)6-9/h4-7,12-13,16-17,35H,8-11,14H2,1-3H3,(H,28,33)(H,30,34);2-3,9-10H,4-7,15H2,1H3,(H,17,19);3-6,8,16H,7H2,1-2H3. The first kappa shape index (κ1) is 49.2. The van der Waals surface area contributed by atoms with Crippen LogP contribution in [0, 0.1) is 24.7 Å². The van der Waals surface area contributed by atoms with Gasteiger partial charge in [-0.25, -0.2) is 28.8 Å². The summed E-state index contributed by atoms with van der Waals surface area (Å²) in [6.45, 7) is 11.4. The highest BCUT2D eigenvalue weighted by atomic mass is 16.5. The molecule has 8 aromatic rings. The summed E-state index contributed by atoms with van der Waals surface area (Å²) in [6.07, 6.45) is 18.6. The number of nitrogens with zero attached hydrogens (tertiary/aromatic N) is 8. The second-order valence-corrected chi connectivity index (χ2v) is 22.1. The van der Waals surface area contributed by atoms with Crippen molar-refractivity contribution in [3.63, 3.8) is 0 Å². The molecule has 0 aliphatic heterocycles. The molecule has 0 radical (unpaired) electrons. The molecule has 4 aliphatic rings. The van der Waals surface area contributed by atoms with Gasteiger partial charge in [0.05, 0.1) is 69.5 Å². The van der Waals surface area contributed by atoms with Crippen LogP contribution < -0.4 is 36.6 Å². The third-order valence-electron chi connectivity index (χ3n) is 14.8. The Morgan fingerprint density at radius 1 is 0.740 bits per heavy atom. The van der Waals surface area contributed by atoms with Crippen LogP contribution in [-0.2, 0) is 4.79 Å². The smallest absolute Gasteiger partial charge is 0.346 e. The monoisotopic (exact) mass is 998 g/mol. The number of aliphatic hydroxyl groups is 2. The number of carbonyl (C=O) groups excluding carboxylic acids is 2. The molecule has 0 atom stereocenters. The maximum atomic E-state index is 13.0. The number of carbonyl (C=O) groups is 2. The third kappa shape index (κ3) is 9.95. The fourth-order valence-corrected chi connectivity index (χ4v) is 11.4. The number of nitrogens with one attached hydrogen (secondary N) is 3. The molecule has 7 N–H and O–H groups in total. The number of rotatable bonds is 12. The van der Waals surface area contributed by atoms with E-state index in [0.717, 1.165) is 72.1 Å². The lowest BCUT2D eigenvalue weighted by atomic mass is 9.49. The first-order chi connectivity index (χ1) is 34.7. The predicted molar refractivity (Wildman–Crippen MR) is 268 cm³/mol. The Balaban J connectivity index is 0.000000139. The molecule has 0 unspecified atom stereocenters. The maximum Gasteiger partial charge on any atom is 0.346 e. The number of pyridine rings is 2. The lowest BCUT2D eigenvalue weighted by molar-refractivity contribution is -0.120. The van der Waals surface area contributed by atoms with Crippen molar-refractivity contribution in [2.75, 3.05) is 13.2 Å². The van der Waals surface area contributed by atoms with Gasteiger partial charge in [-0.2, -0.15) is 20.4 Å². The molecule has 21 heteroatoms. The van der Waals surface area contributed by atoms with Gasteiger partial charge >= 0.3 is 11.4 Å². The molecule has 8 heterocycles.